The van der Waals surface area contributed by atoms with Crippen LogP contribution in [0, 0.1) is 11.8 Å². The molecule has 1 aliphatic carbocycles. The van der Waals surface area contributed by atoms with Crippen molar-refractivity contribution >= 4 is 11.8 Å². The molecule has 5 nitrogen and oxygen atoms in total. The van der Waals surface area contributed by atoms with E-state index in [-0.39, 0.29) is 35.7 Å². The number of hydrogen-bond donors (Lipinski definition) is 2. The van der Waals surface area contributed by atoms with Gasteiger partial charge in [-0.3, -0.25) is 14.6 Å². The van der Waals surface area contributed by atoms with Crippen molar-refractivity contribution in [1.29, 1.82) is 0 Å². The van der Waals surface area contributed by atoms with E-state index in [0.29, 0.717) is 5.92 Å². The summed E-state index contributed by atoms with van der Waals surface area (Å²) < 4.78 is 25.0. The van der Waals surface area contributed by atoms with Gasteiger partial charge in [-0.25, -0.2) is 8.78 Å². The number of nitrogens with zero attached hydrogens (tertiary/aromatic N) is 1. The summed E-state index contributed by atoms with van der Waals surface area (Å²) in [5.74, 6) is 0.195. The fourth-order valence-electron chi connectivity index (χ4n) is 3.48. The molecule has 0 spiro atoms. The summed E-state index contributed by atoms with van der Waals surface area (Å²) in [6, 6.07) is 2.24. The molecule has 1 aromatic heterocycles. The minimum absolute atomic E-state index is 0.00488. The van der Waals surface area contributed by atoms with Gasteiger partial charge in [-0.2, -0.15) is 0 Å². The number of pyridine rings is 1. The van der Waals surface area contributed by atoms with Gasteiger partial charge in [0.1, 0.15) is 5.69 Å². The summed E-state index contributed by atoms with van der Waals surface area (Å²) in [5, 5.41) is 5.62. The van der Waals surface area contributed by atoms with Crippen LogP contribution < -0.4 is 10.6 Å². The molecule has 1 fully saturated rings. The molecule has 2 rings (SSSR count). The third-order valence-corrected chi connectivity index (χ3v) is 5.09. The molecule has 2 unspecified atom stereocenters. The maximum Gasteiger partial charge on any atom is 0.280 e. The quantitative estimate of drug-likeness (QED) is 0.718. The summed E-state index contributed by atoms with van der Waals surface area (Å²) in [4.78, 5) is 28.0. The summed E-state index contributed by atoms with van der Waals surface area (Å²) in [5.41, 5.74) is -0.150. The number of carbonyl (C=O) groups is 2. The summed E-state index contributed by atoms with van der Waals surface area (Å²) in [6.45, 7) is 4.03. The van der Waals surface area contributed by atoms with Crippen LogP contribution in [-0.4, -0.2) is 29.4 Å². The molecule has 2 atom stereocenters. The van der Waals surface area contributed by atoms with Gasteiger partial charge < -0.3 is 10.6 Å². The lowest BCUT2D eigenvalue weighted by molar-refractivity contribution is -0.125. The van der Waals surface area contributed by atoms with Crippen molar-refractivity contribution in [3.8, 4) is 0 Å². The highest BCUT2D eigenvalue weighted by Gasteiger charge is 2.22. The maximum absolute atomic E-state index is 12.5. The van der Waals surface area contributed by atoms with Gasteiger partial charge in [-0.05, 0) is 31.4 Å². The average molecular weight is 381 g/mol. The fourth-order valence-corrected chi connectivity index (χ4v) is 3.48. The van der Waals surface area contributed by atoms with Gasteiger partial charge in [0.15, 0.2) is 0 Å². The Morgan fingerprint density at radius 2 is 1.89 bits per heavy atom. The van der Waals surface area contributed by atoms with E-state index < -0.39 is 12.3 Å². The van der Waals surface area contributed by atoms with Crippen molar-refractivity contribution in [2.45, 2.75) is 64.8 Å². The van der Waals surface area contributed by atoms with E-state index in [1.165, 1.54) is 38.2 Å². The first-order chi connectivity index (χ1) is 12.9. The zero-order chi connectivity index (χ0) is 19.8. The van der Waals surface area contributed by atoms with E-state index >= 15 is 0 Å². The Bertz CT molecular complexity index is 616. The molecule has 0 bridgehead atoms. The van der Waals surface area contributed by atoms with E-state index in [4.69, 9.17) is 0 Å². The van der Waals surface area contributed by atoms with E-state index in [2.05, 4.69) is 15.6 Å². The van der Waals surface area contributed by atoms with Gasteiger partial charge in [0.05, 0.1) is 5.56 Å². The number of aromatic nitrogens is 1. The van der Waals surface area contributed by atoms with E-state index in [0.717, 1.165) is 18.7 Å². The molecular weight excluding hydrogens is 352 g/mol. The second-order valence-electron chi connectivity index (χ2n) is 7.53. The monoisotopic (exact) mass is 381 g/mol. The van der Waals surface area contributed by atoms with Gasteiger partial charge in [-0.1, -0.05) is 39.0 Å². The SMILES string of the molecule is CC(CNC(=O)c1ccc(C(F)F)nc1)NC(=O)C(C)CC1CCCCC1. The largest absolute Gasteiger partial charge is 0.352 e. The second-order valence-corrected chi connectivity index (χ2v) is 7.53. The first-order valence-electron chi connectivity index (χ1n) is 9.69. The smallest absolute Gasteiger partial charge is 0.280 e. The predicted molar refractivity (Wildman–Crippen MR) is 99.5 cm³/mol. The summed E-state index contributed by atoms with van der Waals surface area (Å²) in [6.07, 6.45) is 5.62. The van der Waals surface area contributed by atoms with Crippen LogP contribution in [0.15, 0.2) is 18.3 Å². The Morgan fingerprint density at radius 1 is 1.19 bits per heavy atom. The van der Waals surface area contributed by atoms with Gasteiger partial charge >= 0.3 is 0 Å². The Kier molecular flexibility index (Phi) is 8.13. The first-order valence-corrected chi connectivity index (χ1v) is 9.69. The molecule has 0 aliphatic heterocycles. The fraction of sp³-hybridized carbons (Fsp3) is 0.650. The lowest BCUT2D eigenvalue weighted by Crippen LogP contribution is -2.44. The van der Waals surface area contributed by atoms with Crippen molar-refractivity contribution in [2.75, 3.05) is 6.54 Å². The van der Waals surface area contributed by atoms with Crippen LogP contribution in [0.3, 0.4) is 0 Å². The van der Waals surface area contributed by atoms with Gasteiger partial charge in [-0.15, -0.1) is 0 Å². The Morgan fingerprint density at radius 3 is 2.48 bits per heavy atom. The number of halogens is 2. The molecule has 0 aromatic carbocycles. The van der Waals surface area contributed by atoms with Crippen molar-refractivity contribution in [3.63, 3.8) is 0 Å². The van der Waals surface area contributed by atoms with Crippen LogP contribution in [0.5, 0.6) is 0 Å². The molecule has 2 N–H and O–H groups in total. The van der Waals surface area contributed by atoms with Crippen LogP contribution in [-0.2, 0) is 4.79 Å². The van der Waals surface area contributed by atoms with Crippen LogP contribution in [0.4, 0.5) is 8.78 Å². The highest BCUT2D eigenvalue weighted by atomic mass is 19.3. The number of alkyl halides is 2. The van der Waals surface area contributed by atoms with Crippen molar-refractivity contribution < 1.29 is 18.4 Å². The molecule has 1 saturated carbocycles. The van der Waals surface area contributed by atoms with Crippen LogP contribution in [0.1, 0.15) is 74.8 Å². The lowest BCUT2D eigenvalue weighted by atomic mass is 9.83. The maximum atomic E-state index is 12.5. The minimum atomic E-state index is -2.66. The Hall–Kier alpha value is -2.05. The molecule has 1 aromatic rings. The minimum Gasteiger partial charge on any atom is -0.352 e. The van der Waals surface area contributed by atoms with Gasteiger partial charge in [0.2, 0.25) is 5.91 Å². The van der Waals surface area contributed by atoms with Crippen molar-refractivity contribution in [3.05, 3.63) is 29.6 Å². The van der Waals surface area contributed by atoms with E-state index in [1.807, 2.05) is 13.8 Å². The molecule has 1 heterocycles. The number of hydrogen-bond acceptors (Lipinski definition) is 3. The standard InChI is InChI=1S/C20H29F2N3O2/c1-13(10-15-6-4-3-5-7-15)19(26)25-14(2)11-24-20(27)16-8-9-17(18(21)22)23-12-16/h8-9,12-15,18H,3-7,10-11H2,1-2H3,(H,24,27)(H,25,26). The van der Waals surface area contributed by atoms with Crippen molar-refractivity contribution in [1.82, 2.24) is 15.6 Å². The second kappa shape index (κ2) is 10.3. The number of nitrogens with one attached hydrogen (secondary N) is 2. The molecule has 2 amide bonds. The predicted octanol–water partition coefficient (Wildman–Crippen LogP) is 3.86. The molecule has 150 valence electrons. The zero-order valence-corrected chi connectivity index (χ0v) is 16.0. The molecule has 0 saturated heterocycles. The highest BCUT2D eigenvalue weighted by Crippen LogP contribution is 2.29. The number of rotatable bonds is 8. The zero-order valence-electron chi connectivity index (χ0n) is 16.0. The summed E-state index contributed by atoms with van der Waals surface area (Å²) >= 11 is 0. The normalized spacial score (nSPS) is 17.4. The molecule has 27 heavy (non-hydrogen) atoms. The first kappa shape index (κ1) is 21.3. The van der Waals surface area contributed by atoms with Crippen LogP contribution in [0.2, 0.25) is 0 Å². The lowest BCUT2D eigenvalue weighted by Gasteiger charge is -2.25. The third-order valence-electron chi connectivity index (χ3n) is 5.09. The highest BCUT2D eigenvalue weighted by molar-refractivity contribution is 5.93. The van der Waals surface area contributed by atoms with Crippen LogP contribution in [0.25, 0.3) is 0 Å². The molecule has 7 heteroatoms. The van der Waals surface area contributed by atoms with Gasteiger partial charge in [0, 0.05) is 24.7 Å². The summed E-state index contributed by atoms with van der Waals surface area (Å²) in [7, 11) is 0. The molecular formula is C20H29F2N3O2. The Balaban J connectivity index is 1.73. The van der Waals surface area contributed by atoms with Gasteiger partial charge in [0.25, 0.3) is 12.3 Å². The Labute approximate surface area is 159 Å². The topological polar surface area (TPSA) is 71.1 Å². The number of amides is 2. The van der Waals surface area contributed by atoms with Crippen LogP contribution >= 0.6 is 0 Å². The van der Waals surface area contributed by atoms with E-state index in [1.54, 1.807) is 0 Å². The van der Waals surface area contributed by atoms with E-state index in [9.17, 15) is 18.4 Å². The average Bonchev–Trinajstić information content (AvgIpc) is 2.66. The third kappa shape index (κ3) is 6.88. The number of carbonyl (C=O) groups excluding carboxylic acids is 2. The molecule has 1 aliphatic rings. The van der Waals surface area contributed by atoms with Crippen molar-refractivity contribution in [2.24, 2.45) is 11.8 Å². The molecule has 0 radical (unpaired) electrons.